The zero-order valence-electron chi connectivity index (χ0n) is 36.2. The summed E-state index contributed by atoms with van der Waals surface area (Å²) in [5.41, 5.74) is 6.02. The Morgan fingerprint density at radius 2 is 1.75 bits per heavy atom. The van der Waals surface area contributed by atoms with Gasteiger partial charge in [0.1, 0.15) is 23.6 Å². The molecular formula is C48H54N8O8S. The molecule has 3 saturated heterocycles. The predicted molar refractivity (Wildman–Crippen MR) is 246 cm³/mol. The molecule has 1 amide bonds. The van der Waals surface area contributed by atoms with E-state index >= 15 is 0 Å². The van der Waals surface area contributed by atoms with E-state index in [0.717, 1.165) is 49.0 Å². The first-order chi connectivity index (χ1) is 31.6. The zero-order chi connectivity index (χ0) is 44.3. The number of nitro groups is 1. The lowest BCUT2D eigenvalue weighted by Gasteiger charge is -2.56. The molecule has 4 aliphatic heterocycles. The van der Waals surface area contributed by atoms with Crippen LogP contribution in [0.2, 0.25) is 0 Å². The number of nitro benzene ring substituents is 1. The molecule has 3 N–H and O–H groups in total. The number of hydrogen-bond acceptors (Lipinski definition) is 13. The number of rotatable bonds is 12. The third kappa shape index (κ3) is 8.16. The summed E-state index contributed by atoms with van der Waals surface area (Å²) in [6, 6.07) is 23.2. The van der Waals surface area contributed by atoms with E-state index in [-0.39, 0.29) is 30.5 Å². The molecule has 11 rings (SSSR count). The van der Waals surface area contributed by atoms with Crippen molar-refractivity contribution < 1.29 is 32.3 Å². The number of likely N-dealkylation sites (tertiary alicyclic amines) is 1. The van der Waals surface area contributed by atoms with Crippen LogP contribution in [-0.4, -0.2) is 105 Å². The van der Waals surface area contributed by atoms with E-state index in [1.807, 2.05) is 29.2 Å². The van der Waals surface area contributed by atoms with E-state index in [1.165, 1.54) is 57.2 Å². The van der Waals surface area contributed by atoms with Crippen LogP contribution in [0.3, 0.4) is 0 Å². The van der Waals surface area contributed by atoms with E-state index in [0.29, 0.717) is 66.8 Å². The summed E-state index contributed by atoms with van der Waals surface area (Å²) in [4.78, 5) is 40.4. The number of sulfonamides is 1. The molecule has 3 aromatic carbocycles. The van der Waals surface area contributed by atoms with Crippen molar-refractivity contribution in [1.29, 1.82) is 0 Å². The van der Waals surface area contributed by atoms with Crippen LogP contribution in [0.25, 0.3) is 11.0 Å². The molecule has 2 atom stereocenters. The highest BCUT2D eigenvalue weighted by molar-refractivity contribution is 7.90. The summed E-state index contributed by atoms with van der Waals surface area (Å²) in [6.45, 7) is 5.04. The van der Waals surface area contributed by atoms with Crippen molar-refractivity contribution in [3.05, 3.63) is 106 Å². The first kappa shape index (κ1) is 41.9. The normalized spacial score (nSPS) is 22.3. The van der Waals surface area contributed by atoms with Gasteiger partial charge in [-0.1, -0.05) is 24.3 Å². The van der Waals surface area contributed by atoms with Crippen molar-refractivity contribution in [3.8, 4) is 5.88 Å². The molecule has 1 spiro atoms. The third-order valence-corrected chi connectivity index (χ3v) is 15.9. The van der Waals surface area contributed by atoms with Gasteiger partial charge >= 0.3 is 0 Å². The quantitative estimate of drug-likeness (QED) is 0.0832. The minimum atomic E-state index is -4.57. The molecule has 6 heterocycles. The Kier molecular flexibility index (Phi) is 10.9. The minimum absolute atomic E-state index is 0.120. The van der Waals surface area contributed by atoms with Gasteiger partial charge in [-0.05, 0) is 123 Å². The molecular weight excluding hydrogens is 849 g/mol. The van der Waals surface area contributed by atoms with Gasteiger partial charge in [-0.15, -0.1) is 0 Å². The minimum Gasteiger partial charge on any atom is -0.474 e. The molecule has 17 heteroatoms. The number of ether oxygens (including phenoxy) is 3. The molecule has 340 valence electrons. The van der Waals surface area contributed by atoms with Crippen LogP contribution in [0.4, 0.5) is 28.4 Å². The topological polar surface area (TPSA) is 185 Å². The molecule has 1 unspecified atom stereocenters. The summed E-state index contributed by atoms with van der Waals surface area (Å²) >= 11 is 0. The summed E-state index contributed by atoms with van der Waals surface area (Å²) in [5.74, 6) is 0.274. The molecule has 2 aliphatic carbocycles. The van der Waals surface area contributed by atoms with Crippen LogP contribution in [0.15, 0.2) is 83.9 Å². The second kappa shape index (κ2) is 16.9. The fourth-order valence-corrected chi connectivity index (χ4v) is 12.0. The van der Waals surface area contributed by atoms with Crippen molar-refractivity contribution in [2.75, 3.05) is 74.3 Å². The average molecular weight is 903 g/mol. The third-order valence-electron chi connectivity index (χ3n) is 14.6. The highest BCUT2D eigenvalue weighted by Crippen LogP contribution is 2.55. The van der Waals surface area contributed by atoms with E-state index in [4.69, 9.17) is 19.2 Å². The first-order valence-corrected chi connectivity index (χ1v) is 24.5. The van der Waals surface area contributed by atoms with E-state index < -0.39 is 31.4 Å². The molecule has 5 aromatic rings. The highest BCUT2D eigenvalue weighted by atomic mass is 32.2. The van der Waals surface area contributed by atoms with E-state index in [9.17, 15) is 23.3 Å². The summed E-state index contributed by atoms with van der Waals surface area (Å²) < 4.78 is 47.1. The molecule has 2 saturated carbocycles. The lowest BCUT2D eigenvalue weighted by atomic mass is 9.59. The van der Waals surface area contributed by atoms with Crippen molar-refractivity contribution in [1.82, 2.24) is 19.6 Å². The van der Waals surface area contributed by atoms with Crippen molar-refractivity contribution in [2.45, 2.75) is 80.4 Å². The number of aromatic amines is 1. The van der Waals surface area contributed by atoms with Crippen molar-refractivity contribution >= 4 is 55.4 Å². The molecule has 65 heavy (non-hydrogen) atoms. The number of piperidine rings is 1. The SMILES string of the molecule is O=C(NS(=O)(=O)c1ccc(NC[C@H]2COCCO2)c([N+](=O)[O-])c1)c1ccc(N2CCC3(CC2)CC(N2CCCC2c2ccccc2C2CC2)C3)cc1N1CCOc2nc3[nH]ccc3cc21. The number of pyridine rings is 1. The van der Waals surface area contributed by atoms with Crippen LogP contribution in [-0.2, 0) is 19.5 Å². The van der Waals surface area contributed by atoms with Crippen molar-refractivity contribution in [2.24, 2.45) is 5.41 Å². The van der Waals surface area contributed by atoms with E-state index in [2.05, 4.69) is 49.1 Å². The average Bonchev–Trinajstić information content (AvgIpc) is 3.87. The standard InChI is InChI=1S/C48H54N8O8S/c57-46(52-65(60,61)36-10-12-40(43(26-36)56(58)59)50-29-35-30-62-22-23-63-35)39-11-9-33(25-42(39)55-20-21-64-47-44(55)24-32-13-16-49-45(32)51-47)53-18-14-48(15-19-53)27-34(28-48)54-17-3-6-41(54)38-5-2-1-4-37(38)31-7-8-31/h1-2,4-5,9-13,16,24-26,31,34-35,41,50H,3,6-8,14-15,17-23,27-30H2,(H,49,51)(H,52,57)/t35-,41?/m0/s1. The second-order valence-corrected chi connectivity index (χ2v) is 20.3. The van der Waals surface area contributed by atoms with Gasteiger partial charge in [0, 0.05) is 55.1 Å². The highest BCUT2D eigenvalue weighted by Gasteiger charge is 2.50. The number of nitrogens with one attached hydrogen (secondary N) is 3. The maximum atomic E-state index is 14.3. The maximum absolute atomic E-state index is 14.3. The Hall–Kier alpha value is -5.75. The summed E-state index contributed by atoms with van der Waals surface area (Å²) in [5, 5.41) is 16.0. The maximum Gasteiger partial charge on any atom is 0.293 e. The first-order valence-electron chi connectivity index (χ1n) is 23.0. The molecule has 0 bridgehead atoms. The number of carbonyl (C=O) groups is 1. The largest absolute Gasteiger partial charge is 0.474 e. The number of H-pyrrole nitrogens is 1. The Morgan fingerprint density at radius 1 is 0.923 bits per heavy atom. The number of hydrogen-bond donors (Lipinski definition) is 3. The predicted octanol–water partition coefficient (Wildman–Crippen LogP) is 7.41. The molecule has 2 aromatic heterocycles. The number of nitrogens with zero attached hydrogens (tertiary/aromatic N) is 5. The Labute approximate surface area is 377 Å². The summed E-state index contributed by atoms with van der Waals surface area (Å²) in [7, 11) is -4.57. The second-order valence-electron chi connectivity index (χ2n) is 18.6. The van der Waals surface area contributed by atoms with Gasteiger partial charge in [-0.2, -0.15) is 4.98 Å². The number of carbonyl (C=O) groups excluding carboxylic acids is 1. The number of anilines is 4. The van der Waals surface area contributed by atoms with E-state index in [1.54, 1.807) is 23.4 Å². The van der Waals surface area contributed by atoms with Crippen LogP contribution >= 0.6 is 0 Å². The van der Waals surface area contributed by atoms with Gasteiger partial charge in [0.05, 0.1) is 53.5 Å². The van der Waals surface area contributed by atoms with Gasteiger partial charge in [-0.25, -0.2) is 13.1 Å². The monoisotopic (exact) mass is 902 g/mol. The Balaban J connectivity index is 0.830. The lowest BCUT2D eigenvalue weighted by molar-refractivity contribution is -0.384. The molecule has 16 nitrogen and oxygen atoms in total. The zero-order valence-corrected chi connectivity index (χ0v) is 37.1. The molecule has 0 radical (unpaired) electrons. The lowest BCUT2D eigenvalue weighted by Crippen LogP contribution is -2.55. The Morgan fingerprint density at radius 3 is 2.54 bits per heavy atom. The van der Waals surface area contributed by atoms with Gasteiger partial charge in [0.25, 0.3) is 21.6 Å². The summed E-state index contributed by atoms with van der Waals surface area (Å²) in [6.07, 6.45) is 11.2. The van der Waals surface area contributed by atoms with Gasteiger partial charge in [0.2, 0.25) is 5.88 Å². The van der Waals surface area contributed by atoms with Crippen LogP contribution in [0, 0.1) is 15.5 Å². The van der Waals surface area contributed by atoms with Gasteiger partial charge in [0.15, 0.2) is 0 Å². The van der Waals surface area contributed by atoms with Gasteiger partial charge < -0.3 is 34.3 Å². The smallest absolute Gasteiger partial charge is 0.293 e. The molecule has 5 fully saturated rings. The Bertz CT molecular complexity index is 2740. The number of benzene rings is 3. The number of fused-ring (bicyclic) bond motifs is 2. The van der Waals surface area contributed by atoms with Crippen molar-refractivity contribution in [3.63, 3.8) is 0 Å². The van der Waals surface area contributed by atoms with Crippen LogP contribution in [0.5, 0.6) is 5.88 Å². The number of amides is 1. The van der Waals surface area contributed by atoms with Gasteiger partial charge in [-0.3, -0.25) is 19.8 Å². The van der Waals surface area contributed by atoms with Crippen LogP contribution < -0.4 is 24.6 Å². The fraction of sp³-hybridized carbons (Fsp3) is 0.458. The number of aromatic nitrogens is 2. The fourth-order valence-electron chi connectivity index (χ4n) is 11.0. The van der Waals surface area contributed by atoms with Crippen LogP contribution in [0.1, 0.15) is 84.8 Å². The molecule has 6 aliphatic rings.